The van der Waals surface area contributed by atoms with Gasteiger partial charge >= 0.3 is 0 Å². The first kappa shape index (κ1) is 15.1. The van der Waals surface area contributed by atoms with Crippen LogP contribution in [0.2, 0.25) is 0 Å². The lowest BCUT2D eigenvalue weighted by molar-refractivity contribution is -0.135. The van der Waals surface area contributed by atoms with Crippen LogP contribution in [0.15, 0.2) is 18.2 Å². The third-order valence-corrected chi connectivity index (χ3v) is 4.69. The molecule has 2 aliphatic rings. The highest BCUT2D eigenvalue weighted by molar-refractivity contribution is 6.00. The normalized spacial score (nSPS) is 22.6. The van der Waals surface area contributed by atoms with E-state index in [2.05, 4.69) is 26.3 Å². The first-order valence-electron chi connectivity index (χ1n) is 8.36. The Morgan fingerprint density at radius 3 is 2.79 bits per heavy atom. The number of benzene rings is 1. The molecule has 3 N–H and O–H groups in total. The Kier molecular flexibility index (Phi) is 3.89. The highest BCUT2D eigenvalue weighted by atomic mass is 16.2. The van der Waals surface area contributed by atoms with Gasteiger partial charge in [0.2, 0.25) is 5.91 Å². The summed E-state index contributed by atoms with van der Waals surface area (Å²) in [5.74, 6) is -0.538. The maximum atomic E-state index is 12.0. The molecule has 1 aromatic carbocycles. The van der Waals surface area contributed by atoms with Crippen LogP contribution >= 0.6 is 0 Å². The molecule has 3 heterocycles. The van der Waals surface area contributed by atoms with Crippen molar-refractivity contribution < 1.29 is 9.59 Å². The van der Waals surface area contributed by atoms with Crippen molar-refractivity contribution in [2.45, 2.75) is 37.8 Å². The second-order valence-electron chi connectivity index (χ2n) is 6.37. The number of fused-ring (bicyclic) bond motifs is 1. The molecule has 8 nitrogen and oxygen atoms in total. The molecule has 4 rings (SSSR count). The second-order valence-corrected chi connectivity index (χ2v) is 6.37. The summed E-state index contributed by atoms with van der Waals surface area (Å²) in [5, 5.41) is 17.6. The van der Waals surface area contributed by atoms with Crippen LogP contribution in [0.4, 0.5) is 5.69 Å². The lowest BCUT2D eigenvalue weighted by Crippen LogP contribution is -2.42. The Balaban J connectivity index is 1.56. The fraction of sp³-hybridized carbons (Fsp3) is 0.500. The van der Waals surface area contributed by atoms with E-state index in [0.29, 0.717) is 18.9 Å². The smallest absolute Gasteiger partial charge is 0.251 e. The zero-order valence-corrected chi connectivity index (χ0v) is 13.3. The van der Waals surface area contributed by atoms with Crippen molar-refractivity contribution in [3.8, 4) is 0 Å². The number of rotatable bonds is 3. The number of nitrogens with zero attached hydrogens (tertiary/aromatic N) is 3. The molecule has 1 aromatic heterocycles. The van der Waals surface area contributed by atoms with Gasteiger partial charge in [0.1, 0.15) is 11.6 Å². The molecule has 1 atom stereocenters. The third kappa shape index (κ3) is 2.84. The summed E-state index contributed by atoms with van der Waals surface area (Å²) in [6.45, 7) is 2.07. The van der Waals surface area contributed by atoms with Crippen LogP contribution in [0.1, 0.15) is 31.7 Å². The van der Waals surface area contributed by atoms with Gasteiger partial charge in [0.15, 0.2) is 0 Å². The summed E-state index contributed by atoms with van der Waals surface area (Å²) in [7, 11) is 0. The first-order valence-corrected chi connectivity index (χ1v) is 8.36. The predicted octanol–water partition coefficient (Wildman–Crippen LogP) is 0.573. The largest absolute Gasteiger partial charge is 0.382 e. The van der Waals surface area contributed by atoms with Gasteiger partial charge < -0.3 is 10.6 Å². The number of hydrogen-bond donors (Lipinski definition) is 3. The number of anilines is 1. The van der Waals surface area contributed by atoms with Crippen LogP contribution < -0.4 is 16.0 Å². The van der Waals surface area contributed by atoms with Crippen LogP contribution in [-0.4, -0.2) is 45.9 Å². The summed E-state index contributed by atoms with van der Waals surface area (Å²) in [6, 6.07) is 5.88. The third-order valence-electron chi connectivity index (χ3n) is 4.69. The zero-order valence-electron chi connectivity index (χ0n) is 13.3. The number of amides is 2. The number of aromatic nitrogens is 3. The fourth-order valence-electron chi connectivity index (χ4n) is 3.38. The van der Waals surface area contributed by atoms with Crippen LogP contribution in [0.25, 0.3) is 11.0 Å². The molecule has 0 spiro atoms. The van der Waals surface area contributed by atoms with E-state index in [-0.39, 0.29) is 11.8 Å². The van der Waals surface area contributed by atoms with E-state index in [0.717, 1.165) is 42.7 Å². The Hall–Kier alpha value is -2.48. The minimum absolute atomic E-state index is 0.228. The van der Waals surface area contributed by atoms with Gasteiger partial charge in [0, 0.05) is 18.2 Å². The maximum absolute atomic E-state index is 12.0. The van der Waals surface area contributed by atoms with E-state index < -0.39 is 6.04 Å². The molecule has 1 unspecified atom stereocenters. The van der Waals surface area contributed by atoms with Crippen LogP contribution in [0, 0.1) is 0 Å². The number of carbonyl (C=O) groups is 2. The fourth-order valence-corrected chi connectivity index (χ4v) is 3.38. The molecule has 126 valence electrons. The van der Waals surface area contributed by atoms with Crippen molar-refractivity contribution in [1.82, 2.24) is 25.6 Å². The minimum Gasteiger partial charge on any atom is -0.382 e. The lowest BCUT2D eigenvalue weighted by Gasteiger charge is -2.24. The molecule has 2 fully saturated rings. The van der Waals surface area contributed by atoms with E-state index in [9.17, 15) is 9.59 Å². The zero-order chi connectivity index (χ0) is 16.5. The Morgan fingerprint density at radius 2 is 2.00 bits per heavy atom. The molecule has 24 heavy (non-hydrogen) atoms. The van der Waals surface area contributed by atoms with Gasteiger partial charge in [-0.15, -0.1) is 5.10 Å². The van der Waals surface area contributed by atoms with Crippen molar-refractivity contribution in [1.29, 1.82) is 0 Å². The van der Waals surface area contributed by atoms with E-state index in [1.165, 1.54) is 0 Å². The quantitative estimate of drug-likeness (QED) is 0.712. The summed E-state index contributed by atoms with van der Waals surface area (Å²) in [4.78, 5) is 23.3. The van der Waals surface area contributed by atoms with Crippen LogP contribution in [0.3, 0.4) is 0 Å². The van der Waals surface area contributed by atoms with Crippen LogP contribution in [0.5, 0.6) is 0 Å². The molecule has 2 aromatic rings. The summed E-state index contributed by atoms with van der Waals surface area (Å²) >= 11 is 0. The van der Waals surface area contributed by atoms with Gasteiger partial charge in [-0.3, -0.25) is 14.9 Å². The van der Waals surface area contributed by atoms with Gasteiger partial charge in [-0.2, -0.15) is 0 Å². The van der Waals surface area contributed by atoms with Gasteiger partial charge in [-0.25, -0.2) is 4.68 Å². The van der Waals surface area contributed by atoms with E-state index in [1.54, 1.807) is 4.68 Å². The number of carbonyl (C=O) groups excluding carboxylic acids is 2. The molecule has 2 aliphatic heterocycles. The Labute approximate surface area is 139 Å². The van der Waals surface area contributed by atoms with Crippen molar-refractivity contribution >= 4 is 28.5 Å². The highest BCUT2D eigenvalue weighted by Gasteiger charge is 2.30. The molecule has 2 saturated heterocycles. The summed E-state index contributed by atoms with van der Waals surface area (Å²) in [6.07, 6.45) is 2.98. The molecule has 8 heteroatoms. The molecule has 0 saturated carbocycles. The van der Waals surface area contributed by atoms with Crippen LogP contribution in [-0.2, 0) is 9.59 Å². The van der Waals surface area contributed by atoms with Gasteiger partial charge in [-0.05, 0) is 50.6 Å². The number of piperidine rings is 2. The number of nitrogens with one attached hydrogen (secondary N) is 3. The average molecular weight is 328 g/mol. The second kappa shape index (κ2) is 6.20. The van der Waals surface area contributed by atoms with E-state index >= 15 is 0 Å². The van der Waals surface area contributed by atoms with Crippen molar-refractivity contribution in [2.75, 3.05) is 18.4 Å². The van der Waals surface area contributed by atoms with E-state index in [4.69, 9.17) is 0 Å². The first-order chi connectivity index (χ1) is 11.7. The van der Waals surface area contributed by atoms with Crippen molar-refractivity contribution in [3.63, 3.8) is 0 Å². The van der Waals surface area contributed by atoms with Gasteiger partial charge in [-0.1, -0.05) is 5.21 Å². The molecular weight excluding hydrogens is 308 g/mol. The molecule has 2 amide bonds. The number of imide groups is 1. The minimum atomic E-state index is -0.476. The maximum Gasteiger partial charge on any atom is 0.251 e. The van der Waals surface area contributed by atoms with Gasteiger partial charge in [0.05, 0.1) is 5.52 Å². The summed E-state index contributed by atoms with van der Waals surface area (Å²) in [5.41, 5.74) is 2.57. The predicted molar refractivity (Wildman–Crippen MR) is 88.5 cm³/mol. The number of hydrogen-bond acceptors (Lipinski definition) is 6. The average Bonchev–Trinajstić information content (AvgIpc) is 2.99. The molecule has 0 radical (unpaired) electrons. The van der Waals surface area contributed by atoms with Gasteiger partial charge in [0.25, 0.3) is 5.91 Å². The Bertz CT molecular complexity index is 780. The van der Waals surface area contributed by atoms with Crippen molar-refractivity contribution in [2.24, 2.45) is 0 Å². The topological polar surface area (TPSA) is 101 Å². The summed E-state index contributed by atoms with van der Waals surface area (Å²) < 4.78 is 1.62. The lowest BCUT2D eigenvalue weighted by atomic mass is 10.1. The molecule has 0 bridgehead atoms. The van der Waals surface area contributed by atoms with E-state index in [1.807, 2.05) is 18.2 Å². The Morgan fingerprint density at radius 1 is 1.17 bits per heavy atom. The standard InChI is InChI=1S/C16H20N6O2/c23-15-4-3-14(16(24)19-15)22-13-2-1-11(9-12(13)20-21-22)18-10-5-7-17-8-6-10/h1-2,9-10,14,17-18H,3-8H2,(H,19,23,24). The molecule has 0 aliphatic carbocycles. The monoisotopic (exact) mass is 328 g/mol. The van der Waals surface area contributed by atoms with Crippen molar-refractivity contribution in [3.05, 3.63) is 18.2 Å². The SMILES string of the molecule is O=C1CCC(n2nnc3cc(NC4CCNCC4)ccc32)C(=O)N1. The highest BCUT2D eigenvalue weighted by Crippen LogP contribution is 2.25. The molecular formula is C16H20N6O2.